The highest BCUT2D eigenvalue weighted by Crippen LogP contribution is 2.39. The molecule has 3 nitrogen and oxygen atoms in total. The van der Waals surface area contributed by atoms with Crippen molar-refractivity contribution in [2.24, 2.45) is 5.92 Å². The Morgan fingerprint density at radius 3 is 2.67 bits per heavy atom. The van der Waals surface area contributed by atoms with Crippen LogP contribution in [0.25, 0.3) is 0 Å². The lowest BCUT2D eigenvalue weighted by molar-refractivity contribution is -0.130. The van der Waals surface area contributed by atoms with Gasteiger partial charge in [-0.3, -0.25) is 9.59 Å². The predicted octanol–water partition coefficient (Wildman–Crippen LogP) is 1.88. The zero-order chi connectivity index (χ0) is 10.8. The van der Waals surface area contributed by atoms with E-state index >= 15 is 0 Å². The third kappa shape index (κ3) is 2.28. The Morgan fingerprint density at radius 2 is 2.13 bits per heavy atom. The van der Waals surface area contributed by atoms with Gasteiger partial charge in [0.2, 0.25) is 0 Å². The van der Waals surface area contributed by atoms with Crippen molar-refractivity contribution in [2.45, 2.75) is 57.7 Å². The van der Waals surface area contributed by atoms with Gasteiger partial charge in [0.15, 0.2) is 0 Å². The van der Waals surface area contributed by atoms with Crippen LogP contribution in [0.4, 0.5) is 0 Å². The van der Waals surface area contributed by atoms with Crippen molar-refractivity contribution < 1.29 is 14.3 Å². The van der Waals surface area contributed by atoms with Gasteiger partial charge in [0.1, 0.15) is 11.6 Å². The summed E-state index contributed by atoms with van der Waals surface area (Å²) in [6.07, 6.45) is 4.86. The third-order valence-electron chi connectivity index (χ3n) is 3.42. The fourth-order valence-corrected chi connectivity index (χ4v) is 2.67. The standard InChI is InChI=1S/C12H18O3/c1-2-3-8(13)6-11(14)10-7-9-4-5-12(10)15-9/h9-10,12H,2-7H2,1H3. The Labute approximate surface area is 90.2 Å². The first kappa shape index (κ1) is 10.8. The molecule has 3 atom stereocenters. The molecule has 0 aromatic rings. The average molecular weight is 210 g/mol. The van der Waals surface area contributed by atoms with Crippen LogP contribution in [0.15, 0.2) is 0 Å². The molecule has 0 amide bonds. The van der Waals surface area contributed by atoms with Crippen molar-refractivity contribution >= 4 is 11.6 Å². The van der Waals surface area contributed by atoms with E-state index in [1.54, 1.807) is 0 Å². The van der Waals surface area contributed by atoms with E-state index in [1.807, 2.05) is 6.92 Å². The Kier molecular flexibility index (Phi) is 3.19. The minimum Gasteiger partial charge on any atom is -0.374 e. The molecule has 15 heavy (non-hydrogen) atoms. The van der Waals surface area contributed by atoms with E-state index < -0.39 is 0 Å². The molecule has 84 valence electrons. The van der Waals surface area contributed by atoms with E-state index in [0.717, 1.165) is 25.7 Å². The maximum absolute atomic E-state index is 11.8. The molecular formula is C12H18O3. The predicted molar refractivity (Wildman–Crippen MR) is 55.5 cm³/mol. The molecule has 0 radical (unpaired) electrons. The van der Waals surface area contributed by atoms with Gasteiger partial charge < -0.3 is 4.74 Å². The summed E-state index contributed by atoms with van der Waals surface area (Å²) in [5.41, 5.74) is 0. The Balaban J connectivity index is 1.84. The van der Waals surface area contributed by atoms with Crippen LogP contribution in [0.1, 0.15) is 45.4 Å². The normalized spacial score (nSPS) is 33.3. The molecule has 2 heterocycles. The van der Waals surface area contributed by atoms with Crippen LogP contribution in [0.5, 0.6) is 0 Å². The van der Waals surface area contributed by atoms with Crippen LogP contribution in [0, 0.1) is 5.92 Å². The van der Waals surface area contributed by atoms with Gasteiger partial charge in [-0.05, 0) is 25.7 Å². The van der Waals surface area contributed by atoms with E-state index in [9.17, 15) is 9.59 Å². The number of hydrogen-bond acceptors (Lipinski definition) is 3. The lowest BCUT2D eigenvalue weighted by atomic mass is 9.84. The van der Waals surface area contributed by atoms with Crippen LogP contribution >= 0.6 is 0 Å². The number of fused-ring (bicyclic) bond motifs is 2. The molecule has 2 aliphatic heterocycles. The fourth-order valence-electron chi connectivity index (χ4n) is 2.67. The van der Waals surface area contributed by atoms with Crippen molar-refractivity contribution in [1.82, 2.24) is 0 Å². The second kappa shape index (κ2) is 4.44. The summed E-state index contributed by atoms with van der Waals surface area (Å²) < 4.78 is 5.62. The van der Waals surface area contributed by atoms with E-state index in [-0.39, 0.29) is 30.0 Å². The highest BCUT2D eigenvalue weighted by atomic mass is 16.5. The van der Waals surface area contributed by atoms with E-state index in [4.69, 9.17) is 4.74 Å². The second-order valence-corrected chi connectivity index (χ2v) is 4.65. The summed E-state index contributed by atoms with van der Waals surface area (Å²) in [6, 6.07) is 0. The van der Waals surface area contributed by atoms with Crippen LogP contribution in [0.2, 0.25) is 0 Å². The molecule has 0 N–H and O–H groups in total. The van der Waals surface area contributed by atoms with Crippen LogP contribution in [0.3, 0.4) is 0 Å². The van der Waals surface area contributed by atoms with Crippen LogP contribution in [-0.4, -0.2) is 23.8 Å². The number of Topliss-reactive ketones (excluding diaryl/α,β-unsaturated/α-hetero) is 2. The van der Waals surface area contributed by atoms with Gasteiger partial charge in [-0.15, -0.1) is 0 Å². The van der Waals surface area contributed by atoms with Crippen molar-refractivity contribution in [3.63, 3.8) is 0 Å². The van der Waals surface area contributed by atoms with Crippen LogP contribution < -0.4 is 0 Å². The molecule has 3 heteroatoms. The minimum atomic E-state index is 0.0181. The van der Waals surface area contributed by atoms with Crippen molar-refractivity contribution in [1.29, 1.82) is 0 Å². The molecule has 0 spiro atoms. The fraction of sp³-hybridized carbons (Fsp3) is 0.833. The number of ketones is 2. The topological polar surface area (TPSA) is 43.4 Å². The highest BCUT2D eigenvalue weighted by Gasteiger charge is 2.44. The molecule has 2 rings (SSSR count). The van der Waals surface area contributed by atoms with Gasteiger partial charge in [0.25, 0.3) is 0 Å². The molecule has 0 aromatic heterocycles. The molecule has 2 bridgehead atoms. The summed E-state index contributed by atoms with van der Waals surface area (Å²) in [5.74, 6) is 0.218. The number of rotatable bonds is 5. The summed E-state index contributed by atoms with van der Waals surface area (Å²) in [6.45, 7) is 1.96. The summed E-state index contributed by atoms with van der Waals surface area (Å²) in [5, 5.41) is 0. The van der Waals surface area contributed by atoms with Gasteiger partial charge in [-0.2, -0.15) is 0 Å². The van der Waals surface area contributed by atoms with Gasteiger partial charge in [-0.25, -0.2) is 0 Å². The lowest BCUT2D eigenvalue weighted by Crippen LogP contribution is -2.27. The summed E-state index contributed by atoms with van der Waals surface area (Å²) >= 11 is 0. The van der Waals surface area contributed by atoms with Gasteiger partial charge in [-0.1, -0.05) is 6.92 Å². The Bertz CT molecular complexity index is 272. The Morgan fingerprint density at radius 1 is 1.33 bits per heavy atom. The van der Waals surface area contributed by atoms with Gasteiger partial charge in [0, 0.05) is 12.3 Å². The maximum atomic E-state index is 11.8. The largest absolute Gasteiger partial charge is 0.374 e. The molecule has 2 fully saturated rings. The van der Waals surface area contributed by atoms with E-state index in [2.05, 4.69) is 0 Å². The first-order valence-corrected chi connectivity index (χ1v) is 5.90. The quantitative estimate of drug-likeness (QED) is 0.651. The first-order valence-electron chi connectivity index (χ1n) is 5.90. The summed E-state index contributed by atoms with van der Waals surface area (Å²) in [7, 11) is 0. The molecule has 2 saturated heterocycles. The van der Waals surface area contributed by atoms with E-state index in [1.165, 1.54) is 0 Å². The van der Waals surface area contributed by atoms with Gasteiger partial charge in [0.05, 0.1) is 18.6 Å². The van der Waals surface area contributed by atoms with Crippen LogP contribution in [-0.2, 0) is 14.3 Å². The van der Waals surface area contributed by atoms with Gasteiger partial charge >= 0.3 is 0 Å². The molecule has 2 aliphatic rings. The zero-order valence-electron chi connectivity index (χ0n) is 9.20. The SMILES string of the molecule is CCCC(=O)CC(=O)C1CC2CCC1O2. The molecule has 0 saturated carbocycles. The molecule has 0 aromatic carbocycles. The number of ether oxygens (including phenoxy) is 1. The Hall–Kier alpha value is -0.700. The summed E-state index contributed by atoms with van der Waals surface area (Å²) in [4.78, 5) is 23.2. The third-order valence-corrected chi connectivity index (χ3v) is 3.42. The number of carbonyl (C=O) groups excluding carboxylic acids is 2. The molecular weight excluding hydrogens is 192 g/mol. The zero-order valence-corrected chi connectivity index (χ0v) is 9.20. The second-order valence-electron chi connectivity index (χ2n) is 4.65. The highest BCUT2D eigenvalue weighted by molar-refractivity contribution is 6.00. The maximum Gasteiger partial charge on any atom is 0.146 e. The smallest absolute Gasteiger partial charge is 0.146 e. The van der Waals surface area contributed by atoms with Crippen molar-refractivity contribution in [2.75, 3.05) is 0 Å². The van der Waals surface area contributed by atoms with Crippen molar-refractivity contribution in [3.05, 3.63) is 0 Å². The molecule has 0 aliphatic carbocycles. The minimum absolute atomic E-state index is 0.0181. The monoisotopic (exact) mass is 210 g/mol. The number of hydrogen-bond donors (Lipinski definition) is 0. The number of carbonyl (C=O) groups is 2. The first-order chi connectivity index (χ1) is 7.20. The molecule has 3 unspecified atom stereocenters. The lowest BCUT2D eigenvalue weighted by Gasteiger charge is -2.16. The average Bonchev–Trinajstić information content (AvgIpc) is 2.78. The van der Waals surface area contributed by atoms with Crippen molar-refractivity contribution in [3.8, 4) is 0 Å². The van der Waals surface area contributed by atoms with E-state index in [0.29, 0.717) is 12.5 Å².